The van der Waals surface area contributed by atoms with Crippen LogP contribution in [0.15, 0.2) is 24.3 Å². The number of nitrogens with zero attached hydrogens (tertiary/aromatic N) is 1. The monoisotopic (exact) mass is 313 g/mol. The molecule has 5 nitrogen and oxygen atoms in total. The summed E-state index contributed by atoms with van der Waals surface area (Å²) in [5.41, 5.74) is 1.48. The third kappa shape index (κ3) is 3.58. The van der Waals surface area contributed by atoms with Crippen molar-refractivity contribution in [3.63, 3.8) is 0 Å². The summed E-state index contributed by atoms with van der Waals surface area (Å²) in [6.07, 6.45) is 4.47. The number of urea groups is 1. The predicted octanol–water partition coefficient (Wildman–Crippen LogP) is 2.97. The van der Waals surface area contributed by atoms with E-state index < -0.39 is 0 Å². The Labute approximate surface area is 137 Å². The van der Waals surface area contributed by atoms with Crippen LogP contribution in [0.3, 0.4) is 0 Å². The summed E-state index contributed by atoms with van der Waals surface area (Å²) in [5.74, 6) is 1.41. The molecular formula is C18H23N3O2. The lowest BCUT2D eigenvalue weighted by molar-refractivity contribution is -0.0396. The van der Waals surface area contributed by atoms with Crippen LogP contribution in [-0.2, 0) is 6.54 Å². The molecule has 0 radical (unpaired) electrons. The molecule has 2 aliphatic rings. The minimum Gasteiger partial charge on any atom is -0.497 e. The summed E-state index contributed by atoms with van der Waals surface area (Å²) in [4.78, 5) is 15.4. The first kappa shape index (κ1) is 15.7. The van der Waals surface area contributed by atoms with Crippen molar-refractivity contribution in [2.45, 2.75) is 38.3 Å². The number of ether oxygens (including phenoxy) is 1. The second-order valence-electron chi connectivity index (χ2n) is 6.90. The SMILES string of the molecule is [C-]#[N+]CC1CC2(C1)CC(NC(=O)NCc1ccc(OC)cc1)C2. The van der Waals surface area contributed by atoms with Gasteiger partial charge in [0.25, 0.3) is 0 Å². The molecule has 0 aliphatic heterocycles. The van der Waals surface area contributed by atoms with E-state index in [1.165, 1.54) is 12.8 Å². The highest BCUT2D eigenvalue weighted by Gasteiger charge is 2.53. The Bertz CT molecular complexity index is 592. The van der Waals surface area contributed by atoms with Gasteiger partial charge in [0.1, 0.15) is 5.75 Å². The second kappa shape index (κ2) is 6.49. The van der Waals surface area contributed by atoms with Crippen molar-refractivity contribution < 1.29 is 9.53 Å². The lowest BCUT2D eigenvalue weighted by atomic mass is 9.50. The van der Waals surface area contributed by atoms with Crippen molar-refractivity contribution >= 4 is 6.03 Å². The van der Waals surface area contributed by atoms with E-state index in [-0.39, 0.29) is 6.03 Å². The highest BCUT2D eigenvalue weighted by Crippen LogP contribution is 2.58. The van der Waals surface area contributed by atoms with Gasteiger partial charge in [0.2, 0.25) is 6.54 Å². The van der Waals surface area contributed by atoms with Gasteiger partial charge in [0.05, 0.1) is 7.11 Å². The molecule has 0 aromatic heterocycles. The van der Waals surface area contributed by atoms with E-state index in [1.807, 2.05) is 24.3 Å². The molecule has 2 aliphatic carbocycles. The van der Waals surface area contributed by atoms with Crippen molar-refractivity contribution in [2.24, 2.45) is 11.3 Å². The number of amides is 2. The van der Waals surface area contributed by atoms with Gasteiger partial charge in [-0.3, -0.25) is 0 Å². The molecule has 1 aromatic carbocycles. The first-order chi connectivity index (χ1) is 11.1. The molecule has 2 amide bonds. The first-order valence-electron chi connectivity index (χ1n) is 8.13. The van der Waals surface area contributed by atoms with E-state index in [9.17, 15) is 4.79 Å². The number of hydrogen-bond acceptors (Lipinski definition) is 2. The molecule has 0 bridgehead atoms. The summed E-state index contributed by atoms with van der Waals surface area (Å²) in [6, 6.07) is 7.87. The Hall–Kier alpha value is -2.22. The Morgan fingerprint density at radius 3 is 2.61 bits per heavy atom. The lowest BCUT2D eigenvalue weighted by Crippen LogP contribution is -2.57. The summed E-state index contributed by atoms with van der Waals surface area (Å²) < 4.78 is 5.11. The van der Waals surface area contributed by atoms with Crippen LogP contribution in [0.2, 0.25) is 0 Å². The maximum Gasteiger partial charge on any atom is 0.315 e. The Morgan fingerprint density at radius 2 is 2.00 bits per heavy atom. The molecule has 1 spiro atoms. The van der Waals surface area contributed by atoms with Crippen LogP contribution in [0, 0.1) is 17.9 Å². The van der Waals surface area contributed by atoms with Crippen LogP contribution in [0.25, 0.3) is 4.85 Å². The van der Waals surface area contributed by atoms with E-state index >= 15 is 0 Å². The van der Waals surface area contributed by atoms with Gasteiger partial charge in [-0.2, -0.15) is 0 Å². The van der Waals surface area contributed by atoms with Crippen LogP contribution in [0.4, 0.5) is 4.79 Å². The summed E-state index contributed by atoms with van der Waals surface area (Å²) >= 11 is 0. The Morgan fingerprint density at radius 1 is 1.30 bits per heavy atom. The molecule has 2 saturated carbocycles. The average Bonchev–Trinajstić information content (AvgIpc) is 2.49. The smallest absolute Gasteiger partial charge is 0.315 e. The fourth-order valence-corrected chi connectivity index (χ4v) is 4.01. The maximum absolute atomic E-state index is 11.9. The molecule has 1 aromatic rings. The number of rotatable bonds is 5. The number of nitrogens with one attached hydrogen (secondary N) is 2. The average molecular weight is 313 g/mol. The van der Waals surface area contributed by atoms with Gasteiger partial charge in [-0.25, -0.2) is 11.4 Å². The van der Waals surface area contributed by atoms with Crippen molar-refractivity contribution in [1.82, 2.24) is 10.6 Å². The van der Waals surface area contributed by atoms with Gasteiger partial charge in [0, 0.05) is 18.5 Å². The largest absolute Gasteiger partial charge is 0.497 e. The van der Waals surface area contributed by atoms with E-state index in [1.54, 1.807) is 7.11 Å². The third-order valence-corrected chi connectivity index (χ3v) is 5.10. The van der Waals surface area contributed by atoms with E-state index in [0.717, 1.165) is 24.2 Å². The molecule has 0 unspecified atom stereocenters. The molecule has 0 atom stereocenters. The van der Waals surface area contributed by atoms with Crippen LogP contribution in [-0.4, -0.2) is 25.7 Å². The number of methoxy groups -OCH3 is 1. The molecule has 2 fully saturated rings. The number of carbonyl (C=O) groups is 1. The summed E-state index contributed by atoms with van der Waals surface area (Å²) in [5, 5.41) is 5.94. The molecule has 2 N–H and O–H groups in total. The number of carbonyl (C=O) groups excluding carboxylic acids is 1. The standard InChI is InChI=1S/C18H23N3O2/c1-19-11-14-7-18(8-14)9-15(10-18)21-17(22)20-12-13-3-5-16(23-2)6-4-13/h3-6,14-15H,7-12H2,2H3,(H2,20,21,22). The topological polar surface area (TPSA) is 54.7 Å². The molecule has 3 rings (SSSR count). The lowest BCUT2D eigenvalue weighted by Gasteiger charge is -2.56. The summed E-state index contributed by atoms with van der Waals surface area (Å²) in [6.45, 7) is 8.08. The van der Waals surface area contributed by atoms with E-state index in [4.69, 9.17) is 11.3 Å². The zero-order valence-corrected chi connectivity index (χ0v) is 13.5. The molecule has 122 valence electrons. The van der Waals surface area contributed by atoms with Crippen molar-refractivity contribution in [2.75, 3.05) is 13.7 Å². The van der Waals surface area contributed by atoms with Gasteiger partial charge in [0.15, 0.2) is 0 Å². The Balaban J connectivity index is 1.34. The zero-order valence-electron chi connectivity index (χ0n) is 13.5. The van der Waals surface area contributed by atoms with Crippen LogP contribution in [0.1, 0.15) is 31.2 Å². The zero-order chi connectivity index (χ0) is 16.3. The maximum atomic E-state index is 11.9. The molecule has 0 saturated heterocycles. The molecule has 0 heterocycles. The number of hydrogen-bond donors (Lipinski definition) is 2. The third-order valence-electron chi connectivity index (χ3n) is 5.10. The van der Waals surface area contributed by atoms with Gasteiger partial charge in [-0.1, -0.05) is 12.1 Å². The molecule has 23 heavy (non-hydrogen) atoms. The highest BCUT2D eigenvalue weighted by atomic mass is 16.5. The minimum absolute atomic E-state index is 0.0994. The first-order valence-corrected chi connectivity index (χ1v) is 8.13. The van der Waals surface area contributed by atoms with Gasteiger partial charge >= 0.3 is 6.03 Å². The van der Waals surface area contributed by atoms with Gasteiger partial charge in [-0.05, 0) is 48.8 Å². The Kier molecular flexibility index (Phi) is 4.42. The van der Waals surface area contributed by atoms with Crippen LogP contribution < -0.4 is 15.4 Å². The fraction of sp³-hybridized carbons (Fsp3) is 0.556. The van der Waals surface area contributed by atoms with E-state index in [0.29, 0.717) is 30.5 Å². The highest BCUT2D eigenvalue weighted by molar-refractivity contribution is 5.74. The quantitative estimate of drug-likeness (QED) is 0.821. The van der Waals surface area contributed by atoms with Gasteiger partial charge in [-0.15, -0.1) is 0 Å². The molecular weight excluding hydrogens is 290 g/mol. The number of benzene rings is 1. The van der Waals surface area contributed by atoms with Crippen LogP contribution >= 0.6 is 0 Å². The van der Waals surface area contributed by atoms with Crippen LogP contribution in [0.5, 0.6) is 5.75 Å². The normalized spacial score (nSPS) is 28.2. The molecule has 5 heteroatoms. The second-order valence-corrected chi connectivity index (χ2v) is 6.90. The van der Waals surface area contributed by atoms with E-state index in [2.05, 4.69) is 15.5 Å². The van der Waals surface area contributed by atoms with Crippen molar-refractivity contribution in [3.8, 4) is 5.75 Å². The van der Waals surface area contributed by atoms with Gasteiger partial charge < -0.3 is 20.2 Å². The predicted molar refractivity (Wildman–Crippen MR) is 88.0 cm³/mol. The van der Waals surface area contributed by atoms with Crippen molar-refractivity contribution in [1.29, 1.82) is 0 Å². The summed E-state index contributed by atoms with van der Waals surface area (Å²) in [7, 11) is 1.64. The minimum atomic E-state index is -0.0994. The van der Waals surface area contributed by atoms with Crippen molar-refractivity contribution in [3.05, 3.63) is 41.2 Å². The fourth-order valence-electron chi connectivity index (χ4n) is 4.01.